The summed E-state index contributed by atoms with van der Waals surface area (Å²) < 4.78 is 0. The first-order chi connectivity index (χ1) is 18.0. The molecule has 0 radical (unpaired) electrons. The highest BCUT2D eigenvalue weighted by atomic mass is 35.5. The Hall–Kier alpha value is -3.42. The molecule has 4 aromatic rings. The number of pyridine rings is 1. The lowest BCUT2D eigenvalue weighted by Gasteiger charge is -2.38. The van der Waals surface area contributed by atoms with E-state index in [1.165, 1.54) is 0 Å². The minimum atomic E-state index is -0.198. The summed E-state index contributed by atoms with van der Waals surface area (Å²) in [5.41, 5.74) is 5.10. The number of aromatic nitrogens is 3. The van der Waals surface area contributed by atoms with E-state index >= 15 is 0 Å². The molecule has 2 aromatic heterocycles. The number of halogens is 1. The van der Waals surface area contributed by atoms with Crippen LogP contribution in [0.2, 0.25) is 5.02 Å². The topological polar surface area (TPSA) is 77.2 Å². The molecule has 1 aliphatic heterocycles. The molecule has 2 N–H and O–H groups in total. The zero-order valence-electron chi connectivity index (χ0n) is 21.3. The van der Waals surface area contributed by atoms with Gasteiger partial charge in [0.2, 0.25) is 5.91 Å². The van der Waals surface area contributed by atoms with Gasteiger partial charge in [-0.25, -0.2) is 4.98 Å². The highest BCUT2D eigenvalue weighted by Crippen LogP contribution is 2.36. The van der Waals surface area contributed by atoms with Crippen molar-refractivity contribution in [3.8, 4) is 11.1 Å². The molecule has 5 rings (SSSR count). The van der Waals surface area contributed by atoms with Crippen LogP contribution >= 0.6 is 11.6 Å². The summed E-state index contributed by atoms with van der Waals surface area (Å²) in [7, 11) is 0. The smallest absolute Gasteiger partial charge is 0.230 e. The predicted molar refractivity (Wildman–Crippen MR) is 150 cm³/mol. The molecule has 1 amide bonds. The molecule has 8 heteroatoms. The summed E-state index contributed by atoms with van der Waals surface area (Å²) in [6.07, 6.45) is 4.51. The number of amides is 1. The molecule has 7 nitrogen and oxygen atoms in total. The zero-order valence-corrected chi connectivity index (χ0v) is 22.1. The molecule has 1 aliphatic rings. The molecule has 1 atom stereocenters. The quantitative estimate of drug-likeness (QED) is 0.341. The van der Waals surface area contributed by atoms with Crippen molar-refractivity contribution in [1.82, 2.24) is 25.4 Å². The number of fused-ring (bicyclic) bond motifs is 1. The molecule has 1 fully saturated rings. The first kappa shape index (κ1) is 25.2. The van der Waals surface area contributed by atoms with Gasteiger partial charge in [-0.2, -0.15) is 5.10 Å². The Bertz CT molecular complexity index is 1330. The van der Waals surface area contributed by atoms with Crippen LogP contribution in [-0.2, 0) is 4.79 Å². The first-order valence-electron chi connectivity index (χ1n) is 12.9. The number of hydrogen-bond donors (Lipinski definition) is 2. The average Bonchev–Trinajstić information content (AvgIpc) is 3.40. The van der Waals surface area contributed by atoms with Crippen LogP contribution in [0.3, 0.4) is 0 Å². The van der Waals surface area contributed by atoms with Crippen LogP contribution in [0.1, 0.15) is 31.7 Å². The molecule has 3 heterocycles. The number of H-pyrrole nitrogens is 1. The predicted octanol–water partition coefficient (Wildman–Crippen LogP) is 5.10. The number of benzene rings is 2. The van der Waals surface area contributed by atoms with Crippen LogP contribution in [0.4, 0.5) is 5.69 Å². The number of carbonyl (C=O) groups is 1. The van der Waals surface area contributed by atoms with Gasteiger partial charge in [-0.3, -0.25) is 9.89 Å². The molecule has 1 saturated heterocycles. The van der Waals surface area contributed by atoms with Crippen LogP contribution in [0.5, 0.6) is 0 Å². The van der Waals surface area contributed by atoms with E-state index in [0.717, 1.165) is 59.5 Å². The van der Waals surface area contributed by atoms with Gasteiger partial charge in [0.05, 0.1) is 23.2 Å². The van der Waals surface area contributed by atoms with Crippen LogP contribution in [0.25, 0.3) is 22.2 Å². The van der Waals surface area contributed by atoms with Crippen molar-refractivity contribution < 1.29 is 4.79 Å². The second-order valence-corrected chi connectivity index (χ2v) is 10.3. The molecule has 0 unspecified atom stereocenters. The molecule has 0 spiro atoms. The van der Waals surface area contributed by atoms with Crippen LogP contribution in [-0.4, -0.2) is 64.8 Å². The van der Waals surface area contributed by atoms with E-state index in [1.807, 2.05) is 59.8 Å². The molecule has 0 bridgehead atoms. The summed E-state index contributed by atoms with van der Waals surface area (Å²) in [5, 5.41) is 12.4. The maximum absolute atomic E-state index is 13.8. The zero-order chi connectivity index (χ0) is 25.8. The van der Waals surface area contributed by atoms with Gasteiger partial charge < -0.3 is 15.1 Å². The highest BCUT2D eigenvalue weighted by Gasteiger charge is 2.30. The lowest BCUT2D eigenvalue weighted by molar-refractivity contribution is -0.133. The molecular weight excluding hydrogens is 484 g/mol. The Morgan fingerprint density at radius 3 is 2.46 bits per heavy atom. The van der Waals surface area contributed by atoms with Gasteiger partial charge in [-0.1, -0.05) is 67.9 Å². The van der Waals surface area contributed by atoms with Crippen molar-refractivity contribution in [2.24, 2.45) is 0 Å². The number of anilines is 1. The average molecular weight is 517 g/mol. The molecule has 37 heavy (non-hydrogen) atoms. The molecule has 0 saturated carbocycles. The fraction of sp³-hybridized carbons (Fsp3) is 0.345. The molecule has 192 valence electrons. The number of rotatable bonds is 8. The SMILES string of the molecule is CC(C)NCC[C@@H](C(=O)N1CCN(c2c(-c3ccccc3)cnc3[nH]ncc23)CC1)c1ccc(Cl)cc1. The third-order valence-electron chi connectivity index (χ3n) is 7.00. The second kappa shape index (κ2) is 11.3. The number of nitrogens with one attached hydrogen (secondary N) is 2. The van der Waals surface area contributed by atoms with E-state index < -0.39 is 0 Å². The van der Waals surface area contributed by atoms with Gasteiger partial charge in [0.15, 0.2) is 5.65 Å². The maximum Gasteiger partial charge on any atom is 0.230 e. The first-order valence-corrected chi connectivity index (χ1v) is 13.3. The van der Waals surface area contributed by atoms with Gasteiger partial charge in [-0.05, 0) is 36.2 Å². The summed E-state index contributed by atoms with van der Waals surface area (Å²) in [6.45, 7) is 7.84. The normalized spacial score (nSPS) is 14.9. The Kier molecular flexibility index (Phi) is 7.72. The van der Waals surface area contributed by atoms with Crippen LogP contribution in [0, 0.1) is 0 Å². The standard InChI is InChI=1S/C29H33ClN6O/c1-20(2)31-13-12-24(22-8-10-23(30)11-9-22)29(37)36-16-14-35(15-17-36)27-25(21-6-4-3-5-7-21)18-32-28-26(27)19-33-34-28/h3-11,18-20,24,31H,12-17H2,1-2H3,(H,32,33,34)/t24-/m1/s1. The van der Waals surface area contributed by atoms with Crippen molar-refractivity contribution in [3.63, 3.8) is 0 Å². The van der Waals surface area contributed by atoms with E-state index in [9.17, 15) is 4.79 Å². The van der Waals surface area contributed by atoms with Crippen molar-refractivity contribution in [2.45, 2.75) is 32.2 Å². The van der Waals surface area contributed by atoms with Gasteiger partial charge in [0, 0.05) is 49.0 Å². The van der Waals surface area contributed by atoms with Crippen molar-refractivity contribution in [2.75, 3.05) is 37.6 Å². The minimum absolute atomic E-state index is 0.180. The van der Waals surface area contributed by atoms with Crippen molar-refractivity contribution in [1.29, 1.82) is 0 Å². The lowest BCUT2D eigenvalue weighted by atomic mass is 9.93. The third kappa shape index (κ3) is 5.63. The van der Waals surface area contributed by atoms with E-state index in [0.29, 0.717) is 24.2 Å². The summed E-state index contributed by atoms with van der Waals surface area (Å²) in [4.78, 5) is 22.8. The van der Waals surface area contributed by atoms with Crippen molar-refractivity contribution in [3.05, 3.63) is 77.6 Å². The fourth-order valence-corrected chi connectivity index (χ4v) is 5.20. The van der Waals surface area contributed by atoms with E-state index in [2.05, 4.69) is 51.4 Å². The minimum Gasteiger partial charge on any atom is -0.367 e. The van der Waals surface area contributed by atoms with Gasteiger partial charge in [0.25, 0.3) is 0 Å². The van der Waals surface area contributed by atoms with E-state index in [4.69, 9.17) is 11.6 Å². The third-order valence-corrected chi connectivity index (χ3v) is 7.25. The Balaban J connectivity index is 1.36. The van der Waals surface area contributed by atoms with Gasteiger partial charge in [0.1, 0.15) is 0 Å². The van der Waals surface area contributed by atoms with Gasteiger partial charge in [-0.15, -0.1) is 0 Å². The second-order valence-electron chi connectivity index (χ2n) is 9.83. The number of aromatic amines is 1. The number of carbonyl (C=O) groups excluding carboxylic acids is 1. The van der Waals surface area contributed by atoms with Crippen LogP contribution < -0.4 is 10.2 Å². The molecule has 2 aromatic carbocycles. The number of piperazine rings is 1. The Labute approximate surface area is 222 Å². The fourth-order valence-electron chi connectivity index (χ4n) is 5.07. The summed E-state index contributed by atoms with van der Waals surface area (Å²) >= 11 is 6.13. The monoisotopic (exact) mass is 516 g/mol. The van der Waals surface area contributed by atoms with Crippen LogP contribution in [0.15, 0.2) is 67.0 Å². The largest absolute Gasteiger partial charge is 0.367 e. The number of hydrogen-bond acceptors (Lipinski definition) is 5. The lowest BCUT2D eigenvalue weighted by Crippen LogP contribution is -2.50. The van der Waals surface area contributed by atoms with Crippen molar-refractivity contribution >= 4 is 34.2 Å². The summed E-state index contributed by atoms with van der Waals surface area (Å²) in [6, 6.07) is 18.4. The Morgan fingerprint density at radius 2 is 1.76 bits per heavy atom. The molecule has 0 aliphatic carbocycles. The Morgan fingerprint density at radius 1 is 1.03 bits per heavy atom. The van der Waals surface area contributed by atoms with E-state index in [-0.39, 0.29) is 11.8 Å². The number of nitrogens with zero attached hydrogens (tertiary/aromatic N) is 4. The highest BCUT2D eigenvalue weighted by molar-refractivity contribution is 6.30. The van der Waals surface area contributed by atoms with Gasteiger partial charge >= 0.3 is 0 Å². The summed E-state index contributed by atoms with van der Waals surface area (Å²) in [5.74, 6) is -0.0181. The van der Waals surface area contributed by atoms with E-state index in [1.54, 1.807) is 0 Å². The molecular formula is C29H33ClN6O. The maximum atomic E-state index is 13.8.